The maximum atomic E-state index is 14.7. The number of β-amino-alcohol motifs (C(OH)–C–C–N with tert-alkyl or cyclic N) is 1. The number of pyridine rings is 1. The third-order valence-corrected chi connectivity index (χ3v) is 7.77. The molecule has 0 radical (unpaired) electrons. The van der Waals surface area contributed by atoms with E-state index in [4.69, 9.17) is 11.6 Å². The van der Waals surface area contributed by atoms with Crippen molar-refractivity contribution in [2.75, 3.05) is 29.5 Å². The summed E-state index contributed by atoms with van der Waals surface area (Å²) in [5, 5.41) is 21.6. The summed E-state index contributed by atoms with van der Waals surface area (Å²) in [6.45, 7) is -0.813. The molecule has 10 nitrogen and oxygen atoms in total. The van der Waals surface area contributed by atoms with Gasteiger partial charge in [-0.15, -0.1) is 0 Å². The van der Waals surface area contributed by atoms with Crippen LogP contribution in [0.15, 0.2) is 66.9 Å². The molecular weight excluding hydrogens is 601 g/mol. The molecule has 2 fully saturated rings. The highest BCUT2D eigenvalue weighted by Gasteiger charge is 2.50. The number of urea groups is 1. The number of hydrogen-bond acceptors (Lipinski definition) is 6. The van der Waals surface area contributed by atoms with Crippen LogP contribution in [-0.2, 0) is 9.59 Å². The Hall–Kier alpha value is -4.67. The minimum absolute atomic E-state index is 0.0394. The van der Waals surface area contributed by atoms with Crippen molar-refractivity contribution < 1.29 is 32.7 Å². The van der Waals surface area contributed by atoms with Crippen LogP contribution < -0.4 is 15.1 Å². The Balaban J connectivity index is 1.64. The molecule has 228 valence electrons. The summed E-state index contributed by atoms with van der Waals surface area (Å²) in [6.07, 6.45) is 0.101. The molecule has 1 aliphatic carbocycles. The van der Waals surface area contributed by atoms with E-state index in [-0.39, 0.29) is 40.7 Å². The fourth-order valence-corrected chi connectivity index (χ4v) is 5.59. The highest BCUT2D eigenvalue weighted by molar-refractivity contribution is 6.31. The van der Waals surface area contributed by atoms with Gasteiger partial charge >= 0.3 is 6.03 Å². The number of carbonyl (C=O) groups is 3. The van der Waals surface area contributed by atoms with E-state index < -0.39 is 67.2 Å². The lowest BCUT2D eigenvalue weighted by atomic mass is 9.87. The van der Waals surface area contributed by atoms with E-state index in [0.29, 0.717) is 0 Å². The number of aromatic nitrogens is 1. The smallest absolute Gasteiger partial charge is 0.326 e. The van der Waals surface area contributed by atoms with E-state index in [1.54, 1.807) is 12.1 Å². The second kappa shape index (κ2) is 12.5. The van der Waals surface area contributed by atoms with Crippen molar-refractivity contribution in [3.05, 3.63) is 88.8 Å². The molecule has 3 aromatic rings. The van der Waals surface area contributed by atoms with Crippen molar-refractivity contribution >= 4 is 41.0 Å². The summed E-state index contributed by atoms with van der Waals surface area (Å²) < 4.78 is 41.9. The van der Waals surface area contributed by atoms with Crippen LogP contribution in [0.3, 0.4) is 0 Å². The van der Waals surface area contributed by atoms with E-state index in [2.05, 4.69) is 10.3 Å². The highest BCUT2D eigenvalue weighted by Crippen LogP contribution is 2.39. The molecule has 44 heavy (non-hydrogen) atoms. The predicted octanol–water partition coefficient (Wildman–Crippen LogP) is 4.04. The third-order valence-electron chi connectivity index (χ3n) is 7.42. The molecule has 14 heteroatoms. The first-order chi connectivity index (χ1) is 21.0. The average molecular weight is 627 g/mol. The zero-order valence-electron chi connectivity index (χ0n) is 23.0. The Morgan fingerprint density at radius 3 is 2.59 bits per heavy atom. The number of nitrogens with zero attached hydrogens (tertiary/aromatic N) is 5. The molecule has 2 aliphatic rings. The van der Waals surface area contributed by atoms with Crippen molar-refractivity contribution in [2.45, 2.75) is 36.9 Å². The lowest BCUT2D eigenvalue weighted by Gasteiger charge is -2.39. The van der Waals surface area contributed by atoms with Crippen LogP contribution in [0, 0.1) is 17.1 Å². The van der Waals surface area contributed by atoms with Gasteiger partial charge < -0.3 is 15.3 Å². The Morgan fingerprint density at radius 1 is 1.18 bits per heavy atom. The van der Waals surface area contributed by atoms with Crippen molar-refractivity contribution in [3.63, 3.8) is 0 Å². The van der Waals surface area contributed by atoms with Gasteiger partial charge in [-0.25, -0.2) is 22.9 Å². The monoisotopic (exact) mass is 626 g/mol. The molecule has 1 aromatic heterocycles. The topological polar surface area (TPSA) is 130 Å². The van der Waals surface area contributed by atoms with Gasteiger partial charge in [0.25, 0.3) is 11.8 Å². The number of anilines is 2. The molecule has 5 rings (SSSR count). The molecule has 0 bridgehead atoms. The van der Waals surface area contributed by atoms with Gasteiger partial charge in [-0.05, 0) is 36.4 Å². The molecular formula is C30H26ClF3N6O4. The number of alkyl halides is 2. The van der Waals surface area contributed by atoms with Gasteiger partial charge in [0, 0.05) is 47.9 Å². The molecule has 2 atom stereocenters. The minimum Gasteiger partial charge on any atom is -0.395 e. The van der Waals surface area contributed by atoms with E-state index >= 15 is 0 Å². The molecule has 2 N–H and O–H groups in total. The van der Waals surface area contributed by atoms with Gasteiger partial charge in [0.1, 0.15) is 23.7 Å². The van der Waals surface area contributed by atoms with Gasteiger partial charge in [-0.3, -0.25) is 19.4 Å². The summed E-state index contributed by atoms with van der Waals surface area (Å²) in [5.74, 6) is -5.41. The molecule has 4 amide bonds. The van der Waals surface area contributed by atoms with Crippen LogP contribution >= 0.6 is 11.6 Å². The van der Waals surface area contributed by atoms with Crippen LogP contribution in [0.1, 0.15) is 30.0 Å². The number of halogens is 4. The first-order valence-corrected chi connectivity index (χ1v) is 14.0. The Morgan fingerprint density at radius 2 is 1.93 bits per heavy atom. The fourth-order valence-electron chi connectivity index (χ4n) is 5.36. The number of rotatable bonds is 9. The maximum Gasteiger partial charge on any atom is 0.326 e. The predicted molar refractivity (Wildman–Crippen MR) is 153 cm³/mol. The van der Waals surface area contributed by atoms with E-state index in [0.717, 1.165) is 21.9 Å². The lowest BCUT2D eigenvalue weighted by Crippen LogP contribution is -2.56. The lowest BCUT2D eigenvalue weighted by molar-refractivity contribution is -0.133. The molecule has 1 saturated heterocycles. The quantitative estimate of drug-likeness (QED) is 0.369. The van der Waals surface area contributed by atoms with Crippen molar-refractivity contribution in [1.29, 1.82) is 5.26 Å². The SMILES string of the molecule is N#Cc1ccnc(N2C(=O)N(CCO)C[C@H]2C(=O)N(c2cccc(F)c2)[C@H](C(=O)NC2CC(F)(F)C2)c2ccccc2Cl)c1. The van der Waals surface area contributed by atoms with E-state index in [1.807, 2.05) is 6.07 Å². The first-order valence-electron chi connectivity index (χ1n) is 13.6. The molecule has 2 aromatic carbocycles. The van der Waals surface area contributed by atoms with E-state index in [9.17, 15) is 37.9 Å². The minimum atomic E-state index is -2.94. The molecule has 1 saturated carbocycles. The van der Waals surface area contributed by atoms with Gasteiger partial charge in [0.05, 0.1) is 24.8 Å². The molecule has 1 aliphatic heterocycles. The second-order valence-corrected chi connectivity index (χ2v) is 10.8. The average Bonchev–Trinajstić information content (AvgIpc) is 3.31. The third kappa shape index (κ3) is 6.17. The van der Waals surface area contributed by atoms with Gasteiger partial charge in [0.15, 0.2) is 0 Å². The molecule has 0 unspecified atom stereocenters. The largest absolute Gasteiger partial charge is 0.395 e. The van der Waals surface area contributed by atoms with Crippen LogP contribution in [0.5, 0.6) is 0 Å². The Bertz CT molecular complexity index is 1630. The fraction of sp³-hybridized carbons (Fsp3) is 0.300. The Labute approximate surface area is 255 Å². The van der Waals surface area contributed by atoms with Crippen LogP contribution in [0.4, 0.5) is 29.5 Å². The molecule has 2 heterocycles. The Kier molecular flexibility index (Phi) is 8.75. The normalized spacial score (nSPS) is 18.4. The number of carbonyl (C=O) groups excluding carboxylic acids is 3. The number of benzene rings is 2. The van der Waals surface area contributed by atoms with Crippen LogP contribution in [-0.4, -0.2) is 70.5 Å². The maximum absolute atomic E-state index is 14.7. The van der Waals surface area contributed by atoms with Gasteiger partial charge in [-0.2, -0.15) is 5.26 Å². The second-order valence-electron chi connectivity index (χ2n) is 10.4. The van der Waals surface area contributed by atoms with Gasteiger partial charge in [0.2, 0.25) is 5.91 Å². The summed E-state index contributed by atoms with van der Waals surface area (Å²) in [4.78, 5) is 49.5. The number of nitrogens with one attached hydrogen (secondary N) is 1. The van der Waals surface area contributed by atoms with Crippen molar-refractivity contribution in [2.24, 2.45) is 0 Å². The van der Waals surface area contributed by atoms with E-state index in [1.165, 1.54) is 47.5 Å². The number of hydrogen-bond donors (Lipinski definition) is 2. The number of aliphatic hydroxyl groups excluding tert-OH is 1. The summed E-state index contributed by atoms with van der Waals surface area (Å²) >= 11 is 6.51. The zero-order chi connectivity index (χ0) is 31.6. The molecule has 0 spiro atoms. The standard InChI is InChI=1S/C30H26ClF3N6O4/c31-23-7-2-1-6-22(23)26(27(42)37-20-14-30(33,34)15-20)39(21-5-3-4-19(32)13-21)28(43)24-17-38(10-11-41)29(44)40(24)25-12-18(16-35)8-9-36-25/h1-9,12-13,20,24,26,41H,10-11,14-15,17H2,(H,37,42)/t24-,26-/m0/s1. The highest BCUT2D eigenvalue weighted by atomic mass is 35.5. The summed E-state index contributed by atoms with van der Waals surface area (Å²) in [6, 6.07) is 11.1. The van der Waals surface area contributed by atoms with Gasteiger partial charge in [-0.1, -0.05) is 35.9 Å². The summed E-state index contributed by atoms with van der Waals surface area (Å²) in [5.41, 5.74) is 0.214. The van der Waals surface area contributed by atoms with Crippen LogP contribution in [0.2, 0.25) is 5.02 Å². The number of nitriles is 1. The van der Waals surface area contributed by atoms with Crippen molar-refractivity contribution in [1.82, 2.24) is 15.2 Å². The zero-order valence-corrected chi connectivity index (χ0v) is 23.8. The van der Waals surface area contributed by atoms with Crippen LogP contribution in [0.25, 0.3) is 0 Å². The summed E-state index contributed by atoms with van der Waals surface area (Å²) in [7, 11) is 0. The first kappa shape index (κ1) is 30.8. The van der Waals surface area contributed by atoms with Crippen molar-refractivity contribution in [3.8, 4) is 6.07 Å². The number of aliphatic hydroxyl groups is 1. The number of amides is 4.